The molecule has 0 unspecified atom stereocenters. The van der Waals surface area contributed by atoms with Crippen LogP contribution in [0, 0.1) is 0 Å². The number of hydrazine groups is 1. The van der Waals surface area contributed by atoms with Crippen molar-refractivity contribution >= 4 is 0 Å². The van der Waals surface area contributed by atoms with Crippen molar-refractivity contribution in [2.45, 2.75) is 12.5 Å². The lowest BCUT2D eigenvalue weighted by Gasteiger charge is -2.35. The Hall–Kier alpha value is -0.120. The highest BCUT2D eigenvalue weighted by atomic mass is 16.3. The summed E-state index contributed by atoms with van der Waals surface area (Å²) in [7, 11) is 4.02. The van der Waals surface area contributed by atoms with E-state index in [1.807, 2.05) is 19.1 Å². The van der Waals surface area contributed by atoms with Crippen LogP contribution < -0.4 is 0 Å². The molecule has 54 valence electrons. The Bertz CT molecular complexity index is 97.1. The van der Waals surface area contributed by atoms with Crippen LogP contribution in [0.2, 0.25) is 0 Å². The van der Waals surface area contributed by atoms with Crippen molar-refractivity contribution in [1.29, 1.82) is 0 Å². The van der Waals surface area contributed by atoms with E-state index in [2.05, 4.69) is 5.01 Å². The molecule has 0 radical (unpaired) electrons. The van der Waals surface area contributed by atoms with Gasteiger partial charge in [-0.2, -0.15) is 0 Å². The van der Waals surface area contributed by atoms with E-state index in [1.54, 1.807) is 0 Å². The van der Waals surface area contributed by atoms with E-state index >= 15 is 0 Å². The second kappa shape index (κ2) is 2.64. The summed E-state index contributed by atoms with van der Waals surface area (Å²) in [5, 5.41) is 13.3. The molecule has 0 bridgehead atoms. The summed E-state index contributed by atoms with van der Waals surface area (Å²) < 4.78 is 0. The zero-order valence-corrected chi connectivity index (χ0v) is 6.04. The minimum absolute atomic E-state index is 0.119. The fourth-order valence-electron chi connectivity index (χ4n) is 1.04. The molecule has 0 aromatic rings. The number of hydrogen-bond acceptors (Lipinski definition) is 3. The Morgan fingerprint density at radius 3 is 2.44 bits per heavy atom. The van der Waals surface area contributed by atoms with E-state index in [4.69, 9.17) is 5.11 Å². The molecule has 9 heavy (non-hydrogen) atoms. The highest BCUT2D eigenvalue weighted by Gasteiger charge is 2.17. The number of hydrogen-bond donors (Lipinski definition) is 1. The molecule has 1 atom stereocenters. The van der Waals surface area contributed by atoms with Crippen molar-refractivity contribution in [2.24, 2.45) is 0 Å². The number of β-amino-alcohol motifs (C(OH)–C–C–N with tert-alkyl or cyclic N) is 1. The van der Waals surface area contributed by atoms with Gasteiger partial charge in [-0.1, -0.05) is 0 Å². The van der Waals surface area contributed by atoms with Crippen LogP contribution in [0.4, 0.5) is 0 Å². The average Bonchev–Trinajstić information content (AvgIpc) is 1.80. The number of likely N-dealkylation sites (N-methyl/N-ethyl adjacent to an activating group) is 1. The highest BCUT2D eigenvalue weighted by Crippen LogP contribution is 2.05. The Kier molecular flexibility index (Phi) is 2.05. The Labute approximate surface area is 55.8 Å². The Morgan fingerprint density at radius 2 is 2.00 bits per heavy atom. The molecule has 3 heteroatoms. The molecule has 0 amide bonds. The molecule has 0 aliphatic carbocycles. The van der Waals surface area contributed by atoms with Gasteiger partial charge in [0.25, 0.3) is 0 Å². The van der Waals surface area contributed by atoms with E-state index in [9.17, 15) is 0 Å². The third-order valence-electron chi connectivity index (χ3n) is 1.84. The third-order valence-corrected chi connectivity index (χ3v) is 1.84. The van der Waals surface area contributed by atoms with Crippen molar-refractivity contribution < 1.29 is 5.11 Å². The van der Waals surface area contributed by atoms with Gasteiger partial charge in [0.2, 0.25) is 0 Å². The van der Waals surface area contributed by atoms with Crippen LogP contribution in [-0.2, 0) is 0 Å². The first-order chi connectivity index (χ1) is 4.20. The minimum atomic E-state index is -0.119. The summed E-state index contributed by atoms with van der Waals surface area (Å²) in [6, 6.07) is 0. The fraction of sp³-hybridized carbons (Fsp3) is 1.00. The van der Waals surface area contributed by atoms with Crippen molar-refractivity contribution in [3.63, 3.8) is 0 Å². The molecule has 0 saturated carbocycles. The lowest BCUT2D eigenvalue weighted by molar-refractivity contribution is -0.0577. The molecule has 0 aromatic heterocycles. The number of aliphatic hydroxyl groups is 1. The van der Waals surface area contributed by atoms with Gasteiger partial charge in [0.05, 0.1) is 6.10 Å². The maximum atomic E-state index is 9.13. The van der Waals surface area contributed by atoms with Crippen LogP contribution in [0.5, 0.6) is 0 Å². The summed E-state index contributed by atoms with van der Waals surface area (Å²) in [5.74, 6) is 0. The Balaban J connectivity index is 2.35. The SMILES string of the molecule is CN1CC[C@@H](O)CN1C. The second-order valence-electron chi connectivity index (χ2n) is 2.66. The number of nitrogens with zero attached hydrogens (tertiary/aromatic N) is 2. The predicted molar refractivity (Wildman–Crippen MR) is 35.9 cm³/mol. The van der Waals surface area contributed by atoms with Crippen LogP contribution in [0.3, 0.4) is 0 Å². The van der Waals surface area contributed by atoms with Gasteiger partial charge in [-0.25, -0.2) is 10.0 Å². The second-order valence-corrected chi connectivity index (χ2v) is 2.66. The van der Waals surface area contributed by atoms with E-state index in [1.165, 1.54) is 0 Å². The van der Waals surface area contributed by atoms with Gasteiger partial charge in [0.15, 0.2) is 0 Å². The first-order valence-electron chi connectivity index (χ1n) is 3.30. The van der Waals surface area contributed by atoms with Crippen LogP contribution >= 0.6 is 0 Å². The van der Waals surface area contributed by atoms with Crippen molar-refractivity contribution in [3.05, 3.63) is 0 Å². The van der Waals surface area contributed by atoms with Crippen LogP contribution in [0.15, 0.2) is 0 Å². The molecule has 0 aromatic carbocycles. The molecular formula is C6H14N2O. The maximum Gasteiger partial charge on any atom is 0.0693 e. The molecule has 1 aliphatic heterocycles. The molecular weight excluding hydrogens is 116 g/mol. The standard InChI is InChI=1S/C6H14N2O/c1-7-4-3-6(9)5-8(7)2/h6,9H,3-5H2,1-2H3/t6-/m1/s1. The van der Waals surface area contributed by atoms with E-state index in [0.717, 1.165) is 19.5 Å². The van der Waals surface area contributed by atoms with Gasteiger partial charge in [0, 0.05) is 27.2 Å². The van der Waals surface area contributed by atoms with Crippen LogP contribution in [0.1, 0.15) is 6.42 Å². The lowest BCUT2D eigenvalue weighted by atomic mass is 10.2. The van der Waals surface area contributed by atoms with Crippen molar-refractivity contribution in [3.8, 4) is 0 Å². The summed E-state index contributed by atoms with van der Waals surface area (Å²) in [6.45, 7) is 1.74. The minimum Gasteiger partial charge on any atom is -0.392 e. The third kappa shape index (κ3) is 1.64. The van der Waals surface area contributed by atoms with Crippen LogP contribution in [0.25, 0.3) is 0 Å². The van der Waals surface area contributed by atoms with Crippen LogP contribution in [-0.4, -0.2) is 48.4 Å². The average molecular weight is 130 g/mol. The van der Waals surface area contributed by atoms with Gasteiger partial charge in [-0.15, -0.1) is 0 Å². The Morgan fingerprint density at radius 1 is 1.33 bits per heavy atom. The molecule has 3 nitrogen and oxygen atoms in total. The van der Waals surface area contributed by atoms with Gasteiger partial charge in [0.1, 0.15) is 0 Å². The topological polar surface area (TPSA) is 26.7 Å². The van der Waals surface area contributed by atoms with E-state index in [0.29, 0.717) is 0 Å². The molecule has 1 aliphatic rings. The zero-order valence-electron chi connectivity index (χ0n) is 6.04. The number of rotatable bonds is 0. The molecule has 1 fully saturated rings. The quantitative estimate of drug-likeness (QED) is 0.480. The van der Waals surface area contributed by atoms with Gasteiger partial charge in [-0.05, 0) is 6.42 Å². The lowest BCUT2D eigenvalue weighted by Crippen LogP contribution is -2.47. The fourth-order valence-corrected chi connectivity index (χ4v) is 1.04. The number of aliphatic hydroxyl groups excluding tert-OH is 1. The summed E-state index contributed by atoms with van der Waals surface area (Å²) in [6.07, 6.45) is 0.784. The first-order valence-corrected chi connectivity index (χ1v) is 3.30. The molecule has 1 heterocycles. The van der Waals surface area contributed by atoms with Gasteiger partial charge in [-0.3, -0.25) is 0 Å². The van der Waals surface area contributed by atoms with Gasteiger partial charge < -0.3 is 5.11 Å². The normalized spacial score (nSPS) is 33.0. The van der Waals surface area contributed by atoms with E-state index < -0.39 is 0 Å². The summed E-state index contributed by atoms with van der Waals surface area (Å²) in [5.41, 5.74) is 0. The zero-order chi connectivity index (χ0) is 6.85. The van der Waals surface area contributed by atoms with E-state index in [-0.39, 0.29) is 6.10 Å². The molecule has 0 spiro atoms. The monoisotopic (exact) mass is 130 g/mol. The largest absolute Gasteiger partial charge is 0.392 e. The summed E-state index contributed by atoms with van der Waals surface area (Å²) in [4.78, 5) is 0. The maximum absolute atomic E-state index is 9.13. The first kappa shape index (κ1) is 6.99. The molecule has 1 N–H and O–H groups in total. The predicted octanol–water partition coefficient (Wildman–Crippen LogP) is -0.470. The van der Waals surface area contributed by atoms with Crippen molar-refractivity contribution in [2.75, 3.05) is 27.2 Å². The molecule has 1 saturated heterocycles. The smallest absolute Gasteiger partial charge is 0.0693 e. The summed E-state index contributed by atoms with van der Waals surface area (Å²) >= 11 is 0. The molecule has 1 rings (SSSR count). The van der Waals surface area contributed by atoms with Crippen molar-refractivity contribution in [1.82, 2.24) is 10.0 Å². The van der Waals surface area contributed by atoms with Gasteiger partial charge >= 0.3 is 0 Å². The highest BCUT2D eigenvalue weighted by molar-refractivity contribution is 4.66.